The fourth-order valence-corrected chi connectivity index (χ4v) is 1.94. The zero-order valence-electron chi connectivity index (χ0n) is 11.7. The lowest BCUT2D eigenvalue weighted by atomic mass is 10.0. The molecule has 0 aliphatic carbocycles. The number of ether oxygens (including phenoxy) is 1. The lowest BCUT2D eigenvalue weighted by Crippen LogP contribution is -2.01. The number of rotatable bonds is 7. The summed E-state index contributed by atoms with van der Waals surface area (Å²) in [5.74, 6) is -0.0526. The van der Waals surface area contributed by atoms with Gasteiger partial charge in [-0.05, 0) is 35.2 Å². The summed E-state index contributed by atoms with van der Waals surface area (Å²) in [5, 5.41) is 8.54. The minimum Gasteiger partial charge on any atom is -0.494 e. The van der Waals surface area contributed by atoms with Gasteiger partial charge in [-0.3, -0.25) is 4.79 Å². The summed E-state index contributed by atoms with van der Waals surface area (Å²) in [6.45, 7) is 5.87. The van der Waals surface area contributed by atoms with Crippen LogP contribution >= 0.6 is 0 Å². The summed E-state index contributed by atoms with van der Waals surface area (Å²) in [7, 11) is 0. The van der Waals surface area contributed by atoms with Crippen molar-refractivity contribution in [2.45, 2.75) is 12.8 Å². The molecule has 0 saturated carbocycles. The van der Waals surface area contributed by atoms with Crippen molar-refractivity contribution in [3.8, 4) is 16.9 Å². The second-order valence-corrected chi connectivity index (χ2v) is 4.66. The summed E-state index contributed by atoms with van der Waals surface area (Å²) < 4.78 is 5.50. The molecule has 0 unspecified atom stereocenters. The Bertz CT molecular complexity index is 597. The maximum absolute atomic E-state index is 10.4. The zero-order chi connectivity index (χ0) is 15.1. The smallest absolute Gasteiger partial charge is 0.303 e. The number of carboxylic acid groups (broad SMARTS) is 1. The van der Waals surface area contributed by atoms with Gasteiger partial charge in [-0.25, -0.2) is 0 Å². The topological polar surface area (TPSA) is 46.5 Å². The van der Waals surface area contributed by atoms with Gasteiger partial charge in [0, 0.05) is 6.42 Å². The molecule has 3 heteroatoms. The quantitative estimate of drug-likeness (QED) is 0.779. The monoisotopic (exact) mass is 281 g/mol. The van der Waals surface area contributed by atoms with Crippen LogP contribution in [0, 0.1) is 6.58 Å². The molecule has 0 saturated heterocycles. The normalized spacial score (nSPS) is 10.1. The Balaban J connectivity index is 1.94. The van der Waals surface area contributed by atoms with Gasteiger partial charge in [0.2, 0.25) is 0 Å². The minimum atomic E-state index is -0.799. The SMILES string of the molecule is [CH]=Cc1ccc(-c2ccc(OCCCC(=O)O)cc2)cc1. The van der Waals surface area contributed by atoms with Gasteiger partial charge in [-0.15, -0.1) is 0 Å². The molecule has 0 aliphatic heterocycles. The number of carboxylic acids is 1. The van der Waals surface area contributed by atoms with Crippen molar-refractivity contribution in [1.29, 1.82) is 0 Å². The predicted octanol–water partition coefficient (Wildman–Crippen LogP) is 4.04. The van der Waals surface area contributed by atoms with Crippen molar-refractivity contribution in [1.82, 2.24) is 0 Å². The van der Waals surface area contributed by atoms with Crippen LogP contribution in [0.2, 0.25) is 0 Å². The Labute approximate surface area is 124 Å². The van der Waals surface area contributed by atoms with Gasteiger partial charge in [0.15, 0.2) is 0 Å². The third-order valence-corrected chi connectivity index (χ3v) is 3.09. The van der Waals surface area contributed by atoms with Crippen LogP contribution in [0.25, 0.3) is 17.2 Å². The zero-order valence-corrected chi connectivity index (χ0v) is 11.7. The van der Waals surface area contributed by atoms with Crippen molar-refractivity contribution in [2.75, 3.05) is 6.61 Å². The van der Waals surface area contributed by atoms with E-state index in [1.807, 2.05) is 48.5 Å². The summed E-state index contributed by atoms with van der Waals surface area (Å²) in [5.41, 5.74) is 3.19. The van der Waals surface area contributed by atoms with E-state index in [9.17, 15) is 4.79 Å². The second kappa shape index (κ2) is 7.29. The van der Waals surface area contributed by atoms with Crippen molar-refractivity contribution in [2.24, 2.45) is 0 Å². The second-order valence-electron chi connectivity index (χ2n) is 4.66. The molecular weight excluding hydrogens is 264 g/mol. The predicted molar refractivity (Wildman–Crippen MR) is 83.0 cm³/mol. The molecule has 0 fully saturated rings. The van der Waals surface area contributed by atoms with Crippen molar-refractivity contribution < 1.29 is 14.6 Å². The molecule has 107 valence electrons. The molecule has 1 N–H and O–H groups in total. The molecule has 3 nitrogen and oxygen atoms in total. The minimum absolute atomic E-state index is 0.128. The largest absolute Gasteiger partial charge is 0.494 e. The van der Waals surface area contributed by atoms with Crippen LogP contribution < -0.4 is 4.74 Å². The molecule has 0 atom stereocenters. The van der Waals surface area contributed by atoms with E-state index in [1.54, 1.807) is 6.08 Å². The first-order chi connectivity index (χ1) is 10.2. The number of hydrogen-bond acceptors (Lipinski definition) is 2. The van der Waals surface area contributed by atoms with Crippen LogP contribution in [0.1, 0.15) is 18.4 Å². The Morgan fingerprint density at radius 3 is 2.14 bits per heavy atom. The lowest BCUT2D eigenvalue weighted by molar-refractivity contribution is -0.137. The van der Waals surface area contributed by atoms with Crippen LogP contribution in [0.15, 0.2) is 48.5 Å². The average molecular weight is 281 g/mol. The molecule has 0 heterocycles. The molecule has 1 radical (unpaired) electrons. The molecule has 0 aromatic heterocycles. The van der Waals surface area contributed by atoms with Crippen molar-refractivity contribution in [3.63, 3.8) is 0 Å². The highest BCUT2D eigenvalue weighted by molar-refractivity contribution is 5.67. The Hall–Kier alpha value is -2.55. The first-order valence-corrected chi connectivity index (χ1v) is 6.79. The Morgan fingerprint density at radius 2 is 1.62 bits per heavy atom. The van der Waals surface area contributed by atoms with Gasteiger partial charge in [0.25, 0.3) is 0 Å². The molecule has 0 bridgehead atoms. The number of benzene rings is 2. The molecule has 2 aromatic rings. The summed E-state index contributed by atoms with van der Waals surface area (Å²) >= 11 is 0. The van der Waals surface area contributed by atoms with Gasteiger partial charge in [0.1, 0.15) is 5.75 Å². The fourth-order valence-electron chi connectivity index (χ4n) is 1.94. The highest BCUT2D eigenvalue weighted by Crippen LogP contribution is 2.23. The van der Waals surface area contributed by atoms with Crippen LogP contribution in [0.4, 0.5) is 0 Å². The van der Waals surface area contributed by atoms with Crippen molar-refractivity contribution in [3.05, 3.63) is 60.7 Å². The molecule has 0 aliphatic rings. The van der Waals surface area contributed by atoms with Crippen molar-refractivity contribution >= 4 is 12.0 Å². The van der Waals surface area contributed by atoms with E-state index in [1.165, 1.54) is 0 Å². The Kier molecular flexibility index (Phi) is 5.16. The van der Waals surface area contributed by atoms with E-state index in [4.69, 9.17) is 16.4 Å². The lowest BCUT2D eigenvalue weighted by Gasteiger charge is -2.07. The molecule has 0 amide bonds. The third-order valence-electron chi connectivity index (χ3n) is 3.09. The van der Waals surface area contributed by atoms with Gasteiger partial charge in [-0.2, -0.15) is 0 Å². The van der Waals surface area contributed by atoms with E-state index < -0.39 is 5.97 Å². The maximum Gasteiger partial charge on any atom is 0.303 e. The van der Waals surface area contributed by atoms with Crippen LogP contribution in [0.5, 0.6) is 5.75 Å². The molecule has 2 aromatic carbocycles. The van der Waals surface area contributed by atoms with Gasteiger partial charge >= 0.3 is 5.97 Å². The Morgan fingerprint density at radius 1 is 1.05 bits per heavy atom. The molecule has 0 spiro atoms. The number of aliphatic carboxylic acids is 1. The van der Waals surface area contributed by atoms with Gasteiger partial charge in [0.05, 0.1) is 6.61 Å². The van der Waals surface area contributed by atoms with Crippen LogP contribution in [-0.2, 0) is 4.79 Å². The van der Waals surface area contributed by atoms with E-state index in [0.717, 1.165) is 22.4 Å². The van der Waals surface area contributed by atoms with Gasteiger partial charge < -0.3 is 9.84 Å². The third kappa shape index (κ3) is 4.49. The highest BCUT2D eigenvalue weighted by atomic mass is 16.5. The van der Waals surface area contributed by atoms with E-state index in [2.05, 4.69) is 0 Å². The number of hydrogen-bond donors (Lipinski definition) is 1. The van der Waals surface area contributed by atoms with E-state index in [0.29, 0.717) is 13.0 Å². The van der Waals surface area contributed by atoms with Crippen LogP contribution in [0.3, 0.4) is 0 Å². The first-order valence-electron chi connectivity index (χ1n) is 6.79. The average Bonchev–Trinajstić information content (AvgIpc) is 2.52. The molecular formula is C18H17O3. The summed E-state index contributed by atoms with van der Waals surface area (Å²) in [6.07, 6.45) is 2.20. The first kappa shape index (κ1) is 14.9. The number of carbonyl (C=O) groups is 1. The standard InChI is InChI=1S/C18H17O3/c1-2-14-5-7-15(8-6-14)16-9-11-17(12-10-16)21-13-3-4-18(19)20/h1-2,5-12H,3-4,13H2,(H,19,20). The van der Waals surface area contributed by atoms with E-state index in [-0.39, 0.29) is 6.42 Å². The maximum atomic E-state index is 10.4. The molecule has 2 rings (SSSR count). The highest BCUT2D eigenvalue weighted by Gasteiger charge is 2.00. The van der Waals surface area contributed by atoms with Gasteiger partial charge in [-0.1, -0.05) is 49.1 Å². The van der Waals surface area contributed by atoms with E-state index >= 15 is 0 Å². The fraction of sp³-hybridized carbons (Fsp3) is 0.167. The summed E-state index contributed by atoms with van der Waals surface area (Å²) in [6, 6.07) is 15.7. The molecule has 21 heavy (non-hydrogen) atoms. The summed E-state index contributed by atoms with van der Waals surface area (Å²) in [4.78, 5) is 10.4. The van der Waals surface area contributed by atoms with Crippen LogP contribution in [-0.4, -0.2) is 17.7 Å².